The van der Waals surface area contributed by atoms with Crippen LogP contribution in [0, 0.1) is 5.92 Å². The first-order chi connectivity index (χ1) is 7.53. The number of halogens is 3. The fourth-order valence-corrected chi connectivity index (χ4v) is 1.51. The second-order valence-corrected chi connectivity index (χ2v) is 4.23. The summed E-state index contributed by atoms with van der Waals surface area (Å²) in [4.78, 5) is 0. The fourth-order valence-electron chi connectivity index (χ4n) is 1.51. The third-order valence-electron chi connectivity index (χ3n) is 2.48. The van der Waals surface area contributed by atoms with E-state index in [-0.39, 0.29) is 6.54 Å². The van der Waals surface area contributed by atoms with Crippen molar-refractivity contribution in [3.63, 3.8) is 0 Å². The average Bonchev–Trinajstić information content (AvgIpc) is 2.84. The van der Waals surface area contributed by atoms with E-state index < -0.39 is 12.7 Å². The highest BCUT2D eigenvalue weighted by Gasteiger charge is 2.26. The molecule has 1 aromatic rings. The minimum atomic E-state index is -4.15. The molecule has 0 saturated heterocycles. The molecule has 1 aromatic heterocycles. The summed E-state index contributed by atoms with van der Waals surface area (Å²) in [5, 5.41) is 6.45. The Bertz CT molecular complexity index is 341. The van der Waals surface area contributed by atoms with Crippen LogP contribution in [0.5, 0.6) is 0 Å². The predicted molar refractivity (Wildman–Crippen MR) is 52.7 cm³/mol. The molecule has 0 radical (unpaired) electrons. The van der Waals surface area contributed by atoms with Gasteiger partial charge >= 0.3 is 6.18 Å². The first-order valence-electron chi connectivity index (χ1n) is 5.32. The number of alkyl halides is 3. The molecule has 6 heteroatoms. The fraction of sp³-hybridized carbons (Fsp3) is 0.700. The van der Waals surface area contributed by atoms with Gasteiger partial charge in [-0.25, -0.2) is 0 Å². The standard InChI is InChI=1S/C10H14F3N3/c11-10(12,13)7-14-3-9-4-15-16(6-9)5-8-1-2-8/h4,6,8,14H,1-3,5,7H2. The van der Waals surface area contributed by atoms with Crippen LogP contribution in [0.4, 0.5) is 13.2 Å². The molecule has 3 nitrogen and oxygen atoms in total. The SMILES string of the molecule is FC(F)(F)CNCc1cnn(CC2CC2)c1. The Kier molecular flexibility index (Phi) is 3.18. The molecule has 1 saturated carbocycles. The molecule has 0 amide bonds. The van der Waals surface area contributed by atoms with Gasteiger partial charge in [-0.05, 0) is 18.8 Å². The number of nitrogens with zero attached hydrogens (tertiary/aromatic N) is 2. The van der Waals surface area contributed by atoms with E-state index in [0.29, 0.717) is 0 Å². The Balaban J connectivity index is 1.74. The molecule has 1 heterocycles. The van der Waals surface area contributed by atoms with Crippen LogP contribution < -0.4 is 5.32 Å². The Labute approximate surface area is 91.6 Å². The molecule has 1 fully saturated rings. The Morgan fingerprint density at radius 2 is 2.19 bits per heavy atom. The normalized spacial score (nSPS) is 16.7. The lowest BCUT2D eigenvalue weighted by atomic mass is 10.3. The van der Waals surface area contributed by atoms with E-state index in [1.165, 1.54) is 12.8 Å². The van der Waals surface area contributed by atoms with E-state index in [1.807, 2.05) is 10.9 Å². The molecular weight excluding hydrogens is 219 g/mol. The Morgan fingerprint density at radius 3 is 2.81 bits per heavy atom. The van der Waals surface area contributed by atoms with Gasteiger partial charge in [0.1, 0.15) is 0 Å². The van der Waals surface area contributed by atoms with Crippen LogP contribution in [-0.4, -0.2) is 22.5 Å². The summed E-state index contributed by atoms with van der Waals surface area (Å²) >= 11 is 0. The van der Waals surface area contributed by atoms with Crippen molar-refractivity contribution in [2.24, 2.45) is 5.92 Å². The minimum Gasteiger partial charge on any atom is -0.304 e. The monoisotopic (exact) mass is 233 g/mol. The lowest BCUT2D eigenvalue weighted by molar-refractivity contribution is -0.125. The van der Waals surface area contributed by atoms with Crippen molar-refractivity contribution >= 4 is 0 Å². The van der Waals surface area contributed by atoms with Gasteiger partial charge in [0.05, 0.1) is 12.7 Å². The van der Waals surface area contributed by atoms with Gasteiger partial charge in [-0.2, -0.15) is 18.3 Å². The number of nitrogens with one attached hydrogen (secondary N) is 1. The summed E-state index contributed by atoms with van der Waals surface area (Å²) in [6.07, 6.45) is 1.75. The van der Waals surface area contributed by atoms with E-state index >= 15 is 0 Å². The second kappa shape index (κ2) is 4.45. The maximum absolute atomic E-state index is 11.9. The molecule has 0 spiro atoms. The van der Waals surface area contributed by atoms with Crippen molar-refractivity contribution in [2.75, 3.05) is 6.54 Å². The van der Waals surface area contributed by atoms with Crippen LogP contribution in [-0.2, 0) is 13.1 Å². The molecule has 16 heavy (non-hydrogen) atoms. The van der Waals surface area contributed by atoms with Gasteiger partial charge in [-0.15, -0.1) is 0 Å². The average molecular weight is 233 g/mol. The van der Waals surface area contributed by atoms with Crippen LogP contribution in [0.25, 0.3) is 0 Å². The van der Waals surface area contributed by atoms with Crippen LogP contribution in [0.2, 0.25) is 0 Å². The van der Waals surface area contributed by atoms with Crippen LogP contribution in [0.3, 0.4) is 0 Å². The Morgan fingerprint density at radius 1 is 1.44 bits per heavy atom. The largest absolute Gasteiger partial charge is 0.401 e. The van der Waals surface area contributed by atoms with E-state index in [4.69, 9.17) is 0 Å². The highest BCUT2D eigenvalue weighted by Crippen LogP contribution is 2.30. The van der Waals surface area contributed by atoms with E-state index in [1.54, 1.807) is 6.20 Å². The predicted octanol–water partition coefficient (Wildman–Crippen LogP) is 1.94. The van der Waals surface area contributed by atoms with Crippen LogP contribution >= 0.6 is 0 Å². The van der Waals surface area contributed by atoms with Crippen LogP contribution in [0.15, 0.2) is 12.4 Å². The molecule has 0 bridgehead atoms. The van der Waals surface area contributed by atoms with Crippen molar-refractivity contribution in [1.29, 1.82) is 0 Å². The van der Waals surface area contributed by atoms with Crippen molar-refractivity contribution in [3.8, 4) is 0 Å². The lowest BCUT2D eigenvalue weighted by Crippen LogP contribution is -2.28. The van der Waals surface area contributed by atoms with Gasteiger partial charge in [0, 0.05) is 24.8 Å². The van der Waals surface area contributed by atoms with Gasteiger partial charge in [-0.3, -0.25) is 4.68 Å². The van der Waals surface area contributed by atoms with Gasteiger partial charge in [-0.1, -0.05) is 0 Å². The summed E-state index contributed by atoms with van der Waals surface area (Å²) in [7, 11) is 0. The molecule has 2 rings (SSSR count). The van der Waals surface area contributed by atoms with Crippen molar-refractivity contribution < 1.29 is 13.2 Å². The van der Waals surface area contributed by atoms with Crippen LogP contribution in [0.1, 0.15) is 18.4 Å². The molecule has 0 aromatic carbocycles. The highest BCUT2D eigenvalue weighted by atomic mass is 19.4. The number of aromatic nitrogens is 2. The smallest absolute Gasteiger partial charge is 0.304 e. The molecule has 1 aliphatic rings. The van der Waals surface area contributed by atoms with Gasteiger partial charge in [0.25, 0.3) is 0 Å². The zero-order valence-corrected chi connectivity index (χ0v) is 8.80. The van der Waals surface area contributed by atoms with E-state index in [9.17, 15) is 13.2 Å². The van der Waals surface area contributed by atoms with Crippen molar-refractivity contribution in [3.05, 3.63) is 18.0 Å². The molecule has 0 unspecified atom stereocenters. The topological polar surface area (TPSA) is 29.9 Å². The minimum absolute atomic E-state index is 0.212. The molecular formula is C10H14F3N3. The van der Waals surface area contributed by atoms with Gasteiger partial charge in [0.2, 0.25) is 0 Å². The first kappa shape index (κ1) is 11.4. The summed E-state index contributed by atoms with van der Waals surface area (Å²) in [6, 6.07) is 0. The van der Waals surface area contributed by atoms with Crippen molar-refractivity contribution in [1.82, 2.24) is 15.1 Å². The van der Waals surface area contributed by atoms with E-state index in [0.717, 1.165) is 18.0 Å². The van der Waals surface area contributed by atoms with E-state index in [2.05, 4.69) is 10.4 Å². The van der Waals surface area contributed by atoms with Gasteiger partial charge < -0.3 is 5.32 Å². The van der Waals surface area contributed by atoms with Crippen molar-refractivity contribution in [2.45, 2.75) is 32.1 Å². The number of rotatable bonds is 5. The van der Waals surface area contributed by atoms with Gasteiger partial charge in [0.15, 0.2) is 0 Å². The molecule has 90 valence electrons. The molecule has 0 atom stereocenters. The molecule has 0 aliphatic heterocycles. The maximum Gasteiger partial charge on any atom is 0.401 e. The first-order valence-corrected chi connectivity index (χ1v) is 5.32. The summed E-state index contributed by atoms with van der Waals surface area (Å²) in [5.74, 6) is 0.718. The quantitative estimate of drug-likeness (QED) is 0.842. The second-order valence-electron chi connectivity index (χ2n) is 4.23. The number of hydrogen-bond donors (Lipinski definition) is 1. The molecule has 1 aliphatic carbocycles. The lowest BCUT2D eigenvalue weighted by Gasteiger charge is -2.06. The molecule has 1 N–H and O–H groups in total. The zero-order valence-electron chi connectivity index (χ0n) is 8.80. The number of hydrogen-bond acceptors (Lipinski definition) is 2. The zero-order chi connectivity index (χ0) is 11.6. The summed E-state index contributed by atoms with van der Waals surface area (Å²) < 4.78 is 37.4. The highest BCUT2D eigenvalue weighted by molar-refractivity contribution is 5.03. The Hall–Kier alpha value is -1.04. The summed E-state index contributed by atoms with van der Waals surface area (Å²) in [6.45, 7) is 0.143. The third-order valence-corrected chi connectivity index (χ3v) is 2.48. The summed E-state index contributed by atoms with van der Waals surface area (Å²) in [5.41, 5.74) is 0.796. The third kappa shape index (κ3) is 3.84. The maximum atomic E-state index is 11.9.